The van der Waals surface area contributed by atoms with Crippen molar-refractivity contribution in [3.63, 3.8) is 0 Å². The van der Waals surface area contributed by atoms with Crippen LogP contribution < -0.4 is 0 Å². The molecule has 2 atom stereocenters. The molecule has 1 radical (unpaired) electrons. The van der Waals surface area contributed by atoms with E-state index in [1.165, 1.54) is 0 Å². The van der Waals surface area contributed by atoms with E-state index in [0.717, 1.165) is 12.8 Å². The molecule has 0 fully saturated rings. The van der Waals surface area contributed by atoms with Gasteiger partial charge in [0.25, 0.3) is 0 Å². The summed E-state index contributed by atoms with van der Waals surface area (Å²) < 4.78 is 0. The standard InChI is InChI=1S/C8H17O2/c1-3-5-6-8(10)7(9)4-2/h7-10H,2-6H2,1H3. The van der Waals surface area contributed by atoms with Gasteiger partial charge in [0.15, 0.2) is 0 Å². The fourth-order valence-corrected chi connectivity index (χ4v) is 0.798. The van der Waals surface area contributed by atoms with Gasteiger partial charge < -0.3 is 10.2 Å². The molecule has 2 heteroatoms. The van der Waals surface area contributed by atoms with Crippen LogP contribution in [0.1, 0.15) is 32.6 Å². The Kier molecular flexibility index (Phi) is 5.64. The smallest absolute Gasteiger partial charge is 0.0799 e. The molecule has 0 saturated heterocycles. The molecule has 0 amide bonds. The molecule has 0 aromatic rings. The van der Waals surface area contributed by atoms with Gasteiger partial charge in [0.1, 0.15) is 0 Å². The number of aliphatic hydroxyl groups is 2. The summed E-state index contributed by atoms with van der Waals surface area (Å²) >= 11 is 0. The monoisotopic (exact) mass is 145 g/mol. The minimum Gasteiger partial charge on any atom is -0.390 e. The second-order valence-corrected chi connectivity index (χ2v) is 2.57. The van der Waals surface area contributed by atoms with Gasteiger partial charge in [-0.05, 0) is 12.8 Å². The predicted molar refractivity (Wildman–Crippen MR) is 41.5 cm³/mol. The Morgan fingerprint density at radius 2 is 1.90 bits per heavy atom. The normalized spacial score (nSPS) is 16.8. The highest BCUT2D eigenvalue weighted by atomic mass is 16.3. The lowest BCUT2D eigenvalue weighted by molar-refractivity contribution is 0.0152. The first-order valence-corrected chi connectivity index (χ1v) is 3.87. The summed E-state index contributed by atoms with van der Waals surface area (Å²) in [4.78, 5) is 0. The van der Waals surface area contributed by atoms with E-state index in [9.17, 15) is 0 Å². The minimum absolute atomic E-state index is 0.394. The Labute approximate surface area is 62.9 Å². The molecule has 2 nitrogen and oxygen atoms in total. The first-order chi connectivity index (χ1) is 4.72. The molecule has 0 heterocycles. The van der Waals surface area contributed by atoms with E-state index in [0.29, 0.717) is 12.8 Å². The van der Waals surface area contributed by atoms with Crippen molar-refractivity contribution < 1.29 is 10.2 Å². The van der Waals surface area contributed by atoms with Crippen LogP contribution in [-0.4, -0.2) is 22.4 Å². The lowest BCUT2D eigenvalue weighted by Crippen LogP contribution is -2.24. The molecule has 61 valence electrons. The van der Waals surface area contributed by atoms with Gasteiger partial charge in [0, 0.05) is 0 Å². The van der Waals surface area contributed by atoms with Crippen LogP contribution in [0.15, 0.2) is 0 Å². The van der Waals surface area contributed by atoms with Crippen LogP contribution in [0.4, 0.5) is 0 Å². The highest BCUT2D eigenvalue weighted by Crippen LogP contribution is 2.06. The van der Waals surface area contributed by atoms with Gasteiger partial charge >= 0.3 is 0 Å². The van der Waals surface area contributed by atoms with Crippen LogP contribution in [0.2, 0.25) is 0 Å². The number of rotatable bonds is 5. The molecule has 2 N–H and O–H groups in total. The van der Waals surface area contributed by atoms with E-state index in [2.05, 4.69) is 13.8 Å². The SMILES string of the molecule is [CH2]CC(O)C(O)CCCC. The molecule has 0 aromatic heterocycles. The minimum atomic E-state index is -0.633. The Balaban J connectivity index is 3.31. The Bertz CT molecular complexity index is 73.7. The first-order valence-electron chi connectivity index (χ1n) is 3.87. The molecule has 0 rings (SSSR count). The topological polar surface area (TPSA) is 40.5 Å². The second-order valence-electron chi connectivity index (χ2n) is 2.57. The third-order valence-electron chi connectivity index (χ3n) is 1.59. The fourth-order valence-electron chi connectivity index (χ4n) is 0.798. The quantitative estimate of drug-likeness (QED) is 0.608. The summed E-state index contributed by atoms with van der Waals surface area (Å²) in [6, 6.07) is 0. The Hall–Kier alpha value is -0.0800. The maximum atomic E-state index is 9.16. The lowest BCUT2D eigenvalue weighted by Gasteiger charge is -2.14. The third-order valence-corrected chi connectivity index (χ3v) is 1.59. The Morgan fingerprint density at radius 1 is 1.30 bits per heavy atom. The van der Waals surface area contributed by atoms with E-state index in [1.54, 1.807) is 0 Å². The van der Waals surface area contributed by atoms with Gasteiger partial charge in [-0.25, -0.2) is 0 Å². The van der Waals surface area contributed by atoms with E-state index in [1.807, 2.05) is 0 Å². The number of unbranched alkanes of at least 4 members (excludes halogenated alkanes) is 1. The van der Waals surface area contributed by atoms with Crippen molar-refractivity contribution in [2.75, 3.05) is 0 Å². The van der Waals surface area contributed by atoms with Crippen molar-refractivity contribution in [2.45, 2.75) is 44.8 Å². The van der Waals surface area contributed by atoms with Crippen LogP contribution >= 0.6 is 0 Å². The van der Waals surface area contributed by atoms with E-state index >= 15 is 0 Å². The maximum Gasteiger partial charge on any atom is 0.0799 e. The van der Waals surface area contributed by atoms with Crippen LogP contribution in [0, 0.1) is 6.92 Å². The molecule has 0 aliphatic rings. The molecule has 0 spiro atoms. The number of hydrogen-bond donors (Lipinski definition) is 2. The van der Waals surface area contributed by atoms with Gasteiger partial charge in [-0.2, -0.15) is 0 Å². The lowest BCUT2D eigenvalue weighted by atomic mass is 10.1. The third kappa shape index (κ3) is 3.85. The molecule has 0 bridgehead atoms. The van der Waals surface area contributed by atoms with Crippen molar-refractivity contribution in [3.8, 4) is 0 Å². The van der Waals surface area contributed by atoms with E-state index < -0.39 is 12.2 Å². The van der Waals surface area contributed by atoms with Gasteiger partial charge in [-0.15, -0.1) is 0 Å². The zero-order valence-corrected chi connectivity index (χ0v) is 6.58. The van der Waals surface area contributed by atoms with Crippen molar-refractivity contribution in [1.29, 1.82) is 0 Å². The van der Waals surface area contributed by atoms with Crippen molar-refractivity contribution >= 4 is 0 Å². The molecule has 10 heavy (non-hydrogen) atoms. The van der Waals surface area contributed by atoms with Crippen molar-refractivity contribution in [2.24, 2.45) is 0 Å². The second kappa shape index (κ2) is 5.69. The molecule has 0 saturated carbocycles. The summed E-state index contributed by atoms with van der Waals surface area (Å²) in [5, 5.41) is 18.2. The van der Waals surface area contributed by atoms with Crippen molar-refractivity contribution in [3.05, 3.63) is 6.92 Å². The molecule has 0 aliphatic heterocycles. The summed E-state index contributed by atoms with van der Waals surface area (Å²) in [5.41, 5.74) is 0. The van der Waals surface area contributed by atoms with Gasteiger partial charge in [-0.1, -0.05) is 26.7 Å². The average molecular weight is 145 g/mol. The molecule has 0 aromatic carbocycles. The van der Waals surface area contributed by atoms with Gasteiger partial charge in [-0.3, -0.25) is 0 Å². The van der Waals surface area contributed by atoms with Crippen LogP contribution in [0.25, 0.3) is 0 Å². The van der Waals surface area contributed by atoms with Crippen LogP contribution in [-0.2, 0) is 0 Å². The number of hydrogen-bond acceptors (Lipinski definition) is 2. The van der Waals surface area contributed by atoms with Crippen molar-refractivity contribution in [1.82, 2.24) is 0 Å². The molecular weight excluding hydrogens is 128 g/mol. The van der Waals surface area contributed by atoms with Crippen LogP contribution in [0.3, 0.4) is 0 Å². The Morgan fingerprint density at radius 3 is 2.30 bits per heavy atom. The number of aliphatic hydroxyl groups excluding tert-OH is 2. The molecule has 0 aliphatic carbocycles. The fraction of sp³-hybridized carbons (Fsp3) is 0.875. The average Bonchev–Trinajstić information content (AvgIpc) is 1.98. The van der Waals surface area contributed by atoms with E-state index in [-0.39, 0.29) is 0 Å². The zero-order chi connectivity index (χ0) is 7.98. The largest absolute Gasteiger partial charge is 0.390 e. The highest BCUT2D eigenvalue weighted by Gasteiger charge is 2.12. The zero-order valence-electron chi connectivity index (χ0n) is 6.58. The summed E-state index contributed by atoms with van der Waals surface area (Å²) in [6.45, 7) is 5.56. The van der Waals surface area contributed by atoms with Gasteiger partial charge in [0.05, 0.1) is 12.2 Å². The van der Waals surface area contributed by atoms with Gasteiger partial charge in [0.2, 0.25) is 0 Å². The summed E-state index contributed by atoms with van der Waals surface area (Å²) in [6.07, 6.45) is 1.90. The first kappa shape index (κ1) is 9.92. The molecule has 2 unspecified atom stereocenters. The summed E-state index contributed by atoms with van der Waals surface area (Å²) in [5.74, 6) is 0. The molecular formula is C8H17O2. The van der Waals surface area contributed by atoms with Crippen LogP contribution in [0.5, 0.6) is 0 Å². The maximum absolute atomic E-state index is 9.16. The highest BCUT2D eigenvalue weighted by molar-refractivity contribution is 4.67. The van der Waals surface area contributed by atoms with E-state index in [4.69, 9.17) is 10.2 Å². The predicted octanol–water partition coefficient (Wildman–Crippen LogP) is 1.12. The summed E-state index contributed by atoms with van der Waals surface area (Å²) in [7, 11) is 0.